The number of hydrogen-bond acceptors (Lipinski definition) is 4. The molecular formula is C19H15F3N2OS. The van der Waals surface area contributed by atoms with Gasteiger partial charge in [-0.3, -0.25) is 4.79 Å². The summed E-state index contributed by atoms with van der Waals surface area (Å²) in [6.07, 6.45) is -2.45. The third-order valence-corrected chi connectivity index (χ3v) is 5.25. The summed E-state index contributed by atoms with van der Waals surface area (Å²) >= 11 is 0.895. The van der Waals surface area contributed by atoms with Crippen molar-refractivity contribution in [3.63, 3.8) is 0 Å². The molecule has 1 aliphatic carbocycles. The smallest absolute Gasteiger partial charge is 0.293 e. The summed E-state index contributed by atoms with van der Waals surface area (Å²) in [6, 6.07) is 10.2. The van der Waals surface area contributed by atoms with Gasteiger partial charge in [0.2, 0.25) is 0 Å². The zero-order chi connectivity index (χ0) is 18.7. The lowest BCUT2D eigenvalue weighted by atomic mass is 9.90. The Balaban J connectivity index is 1.97. The maximum absolute atomic E-state index is 13.6. The number of fused-ring (bicyclic) bond motifs is 1. The number of nitrogens with zero attached hydrogens (tertiary/aromatic N) is 2. The normalized spacial score (nSPS) is 13.8. The lowest BCUT2D eigenvalue weighted by Crippen LogP contribution is -2.19. The molecule has 3 rings (SSSR count). The fourth-order valence-corrected chi connectivity index (χ4v) is 3.98. The fourth-order valence-electron chi connectivity index (χ4n) is 3.08. The van der Waals surface area contributed by atoms with Gasteiger partial charge in [0, 0.05) is 11.3 Å². The number of halogens is 3. The number of rotatable bonds is 4. The van der Waals surface area contributed by atoms with Crippen LogP contribution in [0.4, 0.5) is 13.2 Å². The predicted octanol–water partition coefficient (Wildman–Crippen LogP) is 4.83. The molecule has 0 radical (unpaired) electrons. The van der Waals surface area contributed by atoms with Gasteiger partial charge in [0.1, 0.15) is 11.1 Å². The fraction of sp³-hybridized carbons (Fsp3) is 0.316. The molecule has 1 aromatic heterocycles. The Morgan fingerprint density at radius 2 is 1.88 bits per heavy atom. The first-order chi connectivity index (χ1) is 12.4. The van der Waals surface area contributed by atoms with E-state index in [0.717, 1.165) is 18.2 Å². The molecule has 0 spiro atoms. The molecule has 2 aromatic rings. The summed E-state index contributed by atoms with van der Waals surface area (Å²) in [5.41, 5.74) is -0.327. The van der Waals surface area contributed by atoms with Gasteiger partial charge in [0.25, 0.3) is 0 Å². The molecule has 134 valence electrons. The van der Waals surface area contributed by atoms with E-state index in [9.17, 15) is 23.2 Å². The van der Waals surface area contributed by atoms with Crippen molar-refractivity contribution >= 4 is 17.5 Å². The number of carbonyl (C=O) groups is 1. The van der Waals surface area contributed by atoms with Gasteiger partial charge < -0.3 is 0 Å². The van der Waals surface area contributed by atoms with E-state index in [2.05, 4.69) is 4.98 Å². The Hall–Kier alpha value is -2.33. The van der Waals surface area contributed by atoms with E-state index in [0.29, 0.717) is 24.1 Å². The van der Waals surface area contributed by atoms with Crippen LogP contribution in [0.25, 0.3) is 0 Å². The van der Waals surface area contributed by atoms with E-state index in [4.69, 9.17) is 0 Å². The van der Waals surface area contributed by atoms with Gasteiger partial charge in [-0.05, 0) is 31.2 Å². The van der Waals surface area contributed by atoms with Crippen molar-refractivity contribution in [2.45, 2.75) is 36.9 Å². The Bertz CT molecular complexity index is 873. The van der Waals surface area contributed by atoms with Gasteiger partial charge in [-0.25, -0.2) is 4.98 Å². The highest BCUT2D eigenvalue weighted by molar-refractivity contribution is 8.00. The number of aryl methyl sites for hydroxylation is 1. The number of hydrogen-bond donors (Lipinski definition) is 0. The molecule has 7 heteroatoms. The van der Waals surface area contributed by atoms with Crippen LogP contribution in [0, 0.1) is 11.3 Å². The summed E-state index contributed by atoms with van der Waals surface area (Å²) < 4.78 is 40.8. The minimum Gasteiger partial charge on any atom is -0.293 e. The number of nitriles is 1. The zero-order valence-electron chi connectivity index (χ0n) is 13.8. The van der Waals surface area contributed by atoms with Gasteiger partial charge in [0.05, 0.1) is 16.9 Å². The van der Waals surface area contributed by atoms with Gasteiger partial charge in [0.15, 0.2) is 5.78 Å². The number of thioether (sulfide) groups is 1. The highest BCUT2D eigenvalue weighted by Crippen LogP contribution is 2.41. The number of pyridine rings is 1. The van der Waals surface area contributed by atoms with Crippen LogP contribution in [0.1, 0.15) is 45.6 Å². The number of aromatic nitrogens is 1. The van der Waals surface area contributed by atoms with Crippen LogP contribution < -0.4 is 0 Å². The molecule has 0 aliphatic heterocycles. The van der Waals surface area contributed by atoms with Crippen LogP contribution in [0.15, 0.2) is 35.4 Å². The van der Waals surface area contributed by atoms with E-state index in [-0.39, 0.29) is 28.5 Å². The molecule has 1 heterocycles. The second-order valence-corrected chi connectivity index (χ2v) is 6.95. The number of carbonyl (C=O) groups excluding carboxylic acids is 1. The molecule has 0 atom stereocenters. The largest absolute Gasteiger partial charge is 0.418 e. The quantitative estimate of drug-likeness (QED) is 0.567. The Morgan fingerprint density at radius 3 is 2.54 bits per heavy atom. The molecule has 26 heavy (non-hydrogen) atoms. The number of alkyl halides is 3. The van der Waals surface area contributed by atoms with E-state index in [1.54, 1.807) is 36.4 Å². The van der Waals surface area contributed by atoms with Crippen molar-refractivity contribution in [2.75, 3.05) is 5.75 Å². The molecule has 0 unspecified atom stereocenters. The van der Waals surface area contributed by atoms with Crippen LogP contribution >= 0.6 is 11.8 Å². The van der Waals surface area contributed by atoms with E-state index in [1.165, 1.54) is 0 Å². The lowest BCUT2D eigenvalue weighted by molar-refractivity contribution is -0.138. The molecular weight excluding hydrogens is 361 g/mol. The summed E-state index contributed by atoms with van der Waals surface area (Å²) in [5.74, 6) is -0.283. The molecule has 0 amide bonds. The average molecular weight is 376 g/mol. The highest BCUT2D eigenvalue weighted by Gasteiger charge is 2.40. The Kier molecular flexibility index (Phi) is 5.33. The molecule has 3 nitrogen and oxygen atoms in total. The SMILES string of the molecule is N#Cc1c(SCC(=O)c2ccccc2)nc2c(c1C(F)(F)F)CCCC2. The van der Waals surface area contributed by atoms with Gasteiger partial charge in [-0.2, -0.15) is 18.4 Å². The maximum atomic E-state index is 13.6. The van der Waals surface area contributed by atoms with Crippen LogP contribution in [-0.4, -0.2) is 16.5 Å². The number of ketones is 1. The summed E-state index contributed by atoms with van der Waals surface area (Å²) in [5, 5.41) is 9.35. The first-order valence-corrected chi connectivity index (χ1v) is 9.14. The van der Waals surface area contributed by atoms with Gasteiger partial charge >= 0.3 is 6.18 Å². The summed E-state index contributed by atoms with van der Waals surface area (Å²) in [4.78, 5) is 16.5. The highest BCUT2D eigenvalue weighted by atomic mass is 32.2. The van der Waals surface area contributed by atoms with Crippen molar-refractivity contribution in [3.8, 4) is 6.07 Å². The van der Waals surface area contributed by atoms with Gasteiger partial charge in [-0.15, -0.1) is 0 Å². The maximum Gasteiger partial charge on any atom is 0.418 e. The molecule has 0 saturated heterocycles. The van der Waals surface area contributed by atoms with Crippen LogP contribution in [0.3, 0.4) is 0 Å². The second kappa shape index (κ2) is 7.50. The van der Waals surface area contributed by atoms with Crippen LogP contribution in [-0.2, 0) is 19.0 Å². The Labute approximate surface area is 153 Å². The number of Topliss-reactive ketones (excluding diaryl/α,β-unsaturated/α-hetero) is 1. The molecule has 1 aromatic carbocycles. The predicted molar refractivity (Wildman–Crippen MR) is 92.1 cm³/mol. The standard InChI is InChI=1S/C19H15F3N2OS/c20-19(21,22)17-13-8-4-5-9-15(13)24-18(14(17)10-23)26-11-16(25)12-6-2-1-3-7-12/h1-3,6-7H,4-5,8-9,11H2. The minimum absolute atomic E-state index is 0.00949. The lowest BCUT2D eigenvalue weighted by Gasteiger charge is -2.22. The van der Waals surface area contributed by atoms with Crippen molar-refractivity contribution in [3.05, 3.63) is 58.3 Å². The zero-order valence-corrected chi connectivity index (χ0v) is 14.6. The van der Waals surface area contributed by atoms with E-state index in [1.807, 2.05) is 0 Å². The van der Waals surface area contributed by atoms with Crippen molar-refractivity contribution < 1.29 is 18.0 Å². The topological polar surface area (TPSA) is 53.8 Å². The van der Waals surface area contributed by atoms with E-state index >= 15 is 0 Å². The van der Waals surface area contributed by atoms with Crippen LogP contribution in [0.5, 0.6) is 0 Å². The number of benzene rings is 1. The minimum atomic E-state index is -4.62. The Morgan fingerprint density at radius 1 is 1.19 bits per heavy atom. The van der Waals surface area contributed by atoms with Crippen molar-refractivity contribution in [1.29, 1.82) is 5.26 Å². The van der Waals surface area contributed by atoms with Crippen molar-refractivity contribution in [2.24, 2.45) is 0 Å². The van der Waals surface area contributed by atoms with E-state index < -0.39 is 17.3 Å². The van der Waals surface area contributed by atoms with Crippen LogP contribution in [0.2, 0.25) is 0 Å². The second-order valence-electron chi connectivity index (χ2n) is 5.99. The first kappa shape index (κ1) is 18.5. The molecule has 0 N–H and O–H groups in total. The van der Waals surface area contributed by atoms with Crippen molar-refractivity contribution in [1.82, 2.24) is 4.98 Å². The monoisotopic (exact) mass is 376 g/mol. The average Bonchev–Trinajstić information content (AvgIpc) is 2.64. The molecule has 0 fully saturated rings. The third-order valence-electron chi connectivity index (χ3n) is 4.27. The van der Waals surface area contributed by atoms with Gasteiger partial charge in [-0.1, -0.05) is 42.1 Å². The molecule has 0 saturated carbocycles. The summed E-state index contributed by atoms with van der Waals surface area (Å²) in [6.45, 7) is 0. The molecule has 1 aliphatic rings. The first-order valence-electron chi connectivity index (χ1n) is 8.16. The summed E-state index contributed by atoms with van der Waals surface area (Å²) in [7, 11) is 0. The molecule has 0 bridgehead atoms. The third kappa shape index (κ3) is 3.75.